The third-order valence-electron chi connectivity index (χ3n) is 4.88. The van der Waals surface area contributed by atoms with Gasteiger partial charge in [0.25, 0.3) is 5.91 Å². The van der Waals surface area contributed by atoms with Crippen molar-refractivity contribution < 1.29 is 19.4 Å². The maximum absolute atomic E-state index is 12.5. The van der Waals surface area contributed by atoms with Crippen molar-refractivity contribution in [2.45, 2.75) is 24.9 Å². The highest BCUT2D eigenvalue weighted by Gasteiger charge is 2.43. The van der Waals surface area contributed by atoms with Gasteiger partial charge in [0.05, 0.1) is 17.8 Å². The van der Waals surface area contributed by atoms with Crippen molar-refractivity contribution in [2.24, 2.45) is 0 Å². The van der Waals surface area contributed by atoms with E-state index in [2.05, 4.69) is 9.97 Å². The zero-order valence-electron chi connectivity index (χ0n) is 13.5. The van der Waals surface area contributed by atoms with Crippen LogP contribution < -0.4 is 0 Å². The lowest BCUT2D eigenvalue weighted by molar-refractivity contribution is -0.0926. The molecule has 1 amide bonds. The highest BCUT2D eigenvalue weighted by molar-refractivity contribution is 7.14. The normalized spacial score (nSPS) is 18.8. The fraction of sp³-hybridized carbons (Fsp3) is 0.412. The van der Waals surface area contributed by atoms with Crippen LogP contribution in [0.3, 0.4) is 0 Å². The molecule has 1 fully saturated rings. The maximum atomic E-state index is 12.5. The number of nitrogens with zero attached hydrogens (tertiary/aromatic N) is 3. The van der Waals surface area contributed by atoms with Crippen LogP contribution in [0, 0.1) is 0 Å². The topological polar surface area (TPSA) is 92.6 Å². The number of amides is 1. The van der Waals surface area contributed by atoms with E-state index in [9.17, 15) is 14.7 Å². The number of thiophene rings is 1. The second kappa shape index (κ2) is 6.20. The van der Waals surface area contributed by atoms with Gasteiger partial charge in [0.2, 0.25) is 0 Å². The molecule has 2 aromatic rings. The van der Waals surface area contributed by atoms with Gasteiger partial charge >= 0.3 is 5.97 Å². The SMILES string of the molecule is O=C(O)c1cc2c(s1)CCOC21CCN(C(=O)c2cncnc2)CC1. The average Bonchev–Trinajstić information content (AvgIpc) is 3.09. The molecule has 130 valence electrons. The Hall–Kier alpha value is -2.32. The number of aromatic carboxylic acids is 1. The smallest absolute Gasteiger partial charge is 0.345 e. The minimum absolute atomic E-state index is 0.0805. The van der Waals surface area contributed by atoms with Gasteiger partial charge in [-0.05, 0) is 24.5 Å². The third kappa shape index (κ3) is 2.81. The van der Waals surface area contributed by atoms with Crippen LogP contribution in [0.4, 0.5) is 0 Å². The van der Waals surface area contributed by atoms with Gasteiger partial charge in [-0.2, -0.15) is 0 Å². The second-order valence-corrected chi connectivity index (χ2v) is 7.40. The number of carbonyl (C=O) groups is 2. The molecule has 0 bridgehead atoms. The van der Waals surface area contributed by atoms with Crippen molar-refractivity contribution in [2.75, 3.05) is 19.7 Å². The first-order valence-corrected chi connectivity index (χ1v) is 8.95. The van der Waals surface area contributed by atoms with Crippen molar-refractivity contribution in [3.63, 3.8) is 0 Å². The lowest BCUT2D eigenvalue weighted by atomic mass is 9.82. The summed E-state index contributed by atoms with van der Waals surface area (Å²) in [6.45, 7) is 1.71. The number of ether oxygens (including phenoxy) is 1. The molecule has 4 rings (SSSR count). The minimum atomic E-state index is -0.897. The van der Waals surface area contributed by atoms with E-state index in [1.807, 2.05) is 0 Å². The number of carboxylic acids is 1. The summed E-state index contributed by atoms with van der Waals surface area (Å²) in [5, 5.41) is 9.27. The predicted molar refractivity (Wildman–Crippen MR) is 89.8 cm³/mol. The lowest BCUT2D eigenvalue weighted by Crippen LogP contribution is -2.48. The van der Waals surface area contributed by atoms with Crippen molar-refractivity contribution in [1.29, 1.82) is 0 Å². The van der Waals surface area contributed by atoms with Crippen molar-refractivity contribution >= 4 is 23.2 Å². The van der Waals surface area contributed by atoms with Crippen LogP contribution in [0.15, 0.2) is 24.8 Å². The van der Waals surface area contributed by atoms with Gasteiger partial charge in [-0.3, -0.25) is 4.79 Å². The average molecular weight is 359 g/mol. The van der Waals surface area contributed by atoms with Crippen molar-refractivity contribution in [1.82, 2.24) is 14.9 Å². The van der Waals surface area contributed by atoms with E-state index in [1.54, 1.807) is 11.0 Å². The van der Waals surface area contributed by atoms with E-state index in [0.717, 1.165) is 16.9 Å². The summed E-state index contributed by atoms with van der Waals surface area (Å²) in [6, 6.07) is 1.75. The Morgan fingerprint density at radius 1 is 1.24 bits per heavy atom. The van der Waals surface area contributed by atoms with E-state index in [1.165, 1.54) is 30.1 Å². The van der Waals surface area contributed by atoms with E-state index in [-0.39, 0.29) is 5.91 Å². The fourth-order valence-electron chi connectivity index (χ4n) is 3.60. The molecule has 0 aromatic carbocycles. The highest BCUT2D eigenvalue weighted by Crippen LogP contribution is 2.44. The molecule has 1 spiro atoms. The quantitative estimate of drug-likeness (QED) is 0.881. The van der Waals surface area contributed by atoms with Gasteiger partial charge in [0.15, 0.2) is 0 Å². The van der Waals surface area contributed by atoms with Gasteiger partial charge in [0, 0.05) is 36.8 Å². The summed E-state index contributed by atoms with van der Waals surface area (Å²) in [6.07, 6.45) is 6.51. The largest absolute Gasteiger partial charge is 0.477 e. The van der Waals surface area contributed by atoms with Gasteiger partial charge in [-0.1, -0.05) is 0 Å². The van der Waals surface area contributed by atoms with Gasteiger partial charge < -0.3 is 14.7 Å². The van der Waals surface area contributed by atoms with E-state index >= 15 is 0 Å². The Balaban J connectivity index is 1.54. The van der Waals surface area contributed by atoms with Crippen LogP contribution in [-0.4, -0.2) is 51.5 Å². The minimum Gasteiger partial charge on any atom is -0.477 e. The van der Waals surface area contributed by atoms with Crippen LogP contribution in [0.25, 0.3) is 0 Å². The maximum Gasteiger partial charge on any atom is 0.345 e. The molecule has 25 heavy (non-hydrogen) atoms. The van der Waals surface area contributed by atoms with Crippen LogP contribution in [0.5, 0.6) is 0 Å². The van der Waals surface area contributed by atoms with Gasteiger partial charge in [-0.15, -0.1) is 11.3 Å². The number of piperidine rings is 1. The number of fused-ring (bicyclic) bond motifs is 2. The third-order valence-corrected chi connectivity index (χ3v) is 6.07. The summed E-state index contributed by atoms with van der Waals surface area (Å²) in [5.41, 5.74) is 1.01. The molecule has 2 aromatic heterocycles. The Morgan fingerprint density at radius 3 is 2.64 bits per heavy atom. The predicted octanol–water partition coefficient (Wildman–Crippen LogP) is 1.94. The first-order valence-electron chi connectivity index (χ1n) is 8.14. The van der Waals surface area contributed by atoms with Crippen LogP contribution in [-0.2, 0) is 16.8 Å². The molecule has 0 unspecified atom stereocenters. The molecule has 0 aliphatic carbocycles. The molecule has 4 heterocycles. The van der Waals surface area contributed by atoms with Crippen LogP contribution in [0.1, 0.15) is 43.3 Å². The van der Waals surface area contributed by atoms with Gasteiger partial charge in [0.1, 0.15) is 11.2 Å². The number of carbonyl (C=O) groups excluding carboxylic acids is 1. The molecule has 8 heteroatoms. The molecule has 2 aliphatic heterocycles. The Kier molecular flexibility index (Phi) is 4.01. The molecular formula is C17H17N3O4S. The van der Waals surface area contributed by atoms with Crippen molar-refractivity contribution in [3.05, 3.63) is 45.7 Å². The zero-order valence-corrected chi connectivity index (χ0v) is 14.3. The standard InChI is InChI=1S/C17H17N3O4S/c21-15(11-8-18-10-19-9-11)20-4-2-17(3-5-20)12-7-14(16(22)23)25-13(12)1-6-24-17/h7-10H,1-6H2,(H,22,23). The summed E-state index contributed by atoms with van der Waals surface area (Å²) in [4.78, 5) is 34.9. The first-order chi connectivity index (χ1) is 12.1. The van der Waals surface area contributed by atoms with Crippen LogP contribution >= 0.6 is 11.3 Å². The molecular weight excluding hydrogens is 342 g/mol. The fourth-order valence-corrected chi connectivity index (χ4v) is 4.67. The summed E-state index contributed by atoms with van der Waals surface area (Å²) >= 11 is 1.34. The molecule has 1 N–H and O–H groups in total. The molecule has 1 saturated heterocycles. The number of carboxylic acid groups (broad SMARTS) is 1. The number of aromatic nitrogens is 2. The zero-order chi connectivity index (χ0) is 17.4. The Bertz CT molecular complexity index is 813. The second-order valence-electron chi connectivity index (χ2n) is 6.26. The van der Waals surface area contributed by atoms with E-state index in [4.69, 9.17) is 4.74 Å². The van der Waals surface area contributed by atoms with Crippen LogP contribution in [0.2, 0.25) is 0 Å². The molecule has 0 saturated carbocycles. The van der Waals surface area contributed by atoms with Crippen molar-refractivity contribution in [3.8, 4) is 0 Å². The number of likely N-dealkylation sites (tertiary alicyclic amines) is 1. The lowest BCUT2D eigenvalue weighted by Gasteiger charge is -2.44. The number of hydrogen-bond donors (Lipinski definition) is 1. The molecule has 7 nitrogen and oxygen atoms in total. The molecule has 2 aliphatic rings. The van der Waals surface area contributed by atoms with E-state index in [0.29, 0.717) is 43.0 Å². The molecule has 0 radical (unpaired) electrons. The summed E-state index contributed by atoms with van der Waals surface area (Å²) in [5.74, 6) is -0.978. The highest BCUT2D eigenvalue weighted by atomic mass is 32.1. The number of rotatable bonds is 2. The van der Waals surface area contributed by atoms with Gasteiger partial charge in [-0.25, -0.2) is 14.8 Å². The monoisotopic (exact) mass is 359 g/mol. The number of hydrogen-bond acceptors (Lipinski definition) is 6. The summed E-state index contributed by atoms with van der Waals surface area (Å²) in [7, 11) is 0. The van der Waals surface area contributed by atoms with E-state index < -0.39 is 11.6 Å². The first kappa shape index (κ1) is 16.2. The Morgan fingerprint density at radius 2 is 1.96 bits per heavy atom. The Labute approximate surface area is 148 Å². The summed E-state index contributed by atoms with van der Waals surface area (Å²) < 4.78 is 6.11. The molecule has 0 atom stereocenters.